The van der Waals surface area contributed by atoms with Crippen LogP contribution < -0.4 is 0 Å². The number of nitrogens with zero attached hydrogens (tertiary/aromatic N) is 2. The lowest BCUT2D eigenvalue weighted by Crippen LogP contribution is -2.45. The number of hydrogen-bond donors (Lipinski definition) is 1. The monoisotopic (exact) mass is 290 g/mol. The summed E-state index contributed by atoms with van der Waals surface area (Å²) in [4.78, 5) is 38.1. The first-order chi connectivity index (χ1) is 10.0. The fourth-order valence-electron chi connectivity index (χ4n) is 2.49. The Balaban J connectivity index is 1.99. The van der Waals surface area contributed by atoms with Crippen LogP contribution in [0.4, 0.5) is 0 Å². The molecule has 1 aliphatic rings. The van der Waals surface area contributed by atoms with E-state index < -0.39 is 12.0 Å². The van der Waals surface area contributed by atoms with Crippen molar-refractivity contribution in [2.24, 2.45) is 0 Å². The Morgan fingerprint density at radius 3 is 2.57 bits per heavy atom. The van der Waals surface area contributed by atoms with E-state index in [9.17, 15) is 14.4 Å². The van der Waals surface area contributed by atoms with Crippen molar-refractivity contribution in [1.29, 1.82) is 0 Å². The quantitative estimate of drug-likeness (QED) is 0.891. The summed E-state index contributed by atoms with van der Waals surface area (Å²) in [6.07, 6.45) is 1.15. The highest BCUT2D eigenvalue weighted by Gasteiger charge is 2.34. The van der Waals surface area contributed by atoms with Crippen molar-refractivity contribution in [2.75, 3.05) is 20.1 Å². The number of likely N-dealkylation sites (tertiary alicyclic amines) is 1. The van der Waals surface area contributed by atoms with E-state index in [0.29, 0.717) is 24.9 Å². The number of amides is 2. The summed E-state index contributed by atoms with van der Waals surface area (Å²) in [7, 11) is 1.54. The first-order valence-corrected chi connectivity index (χ1v) is 6.83. The molecule has 1 fully saturated rings. The molecular weight excluding hydrogens is 272 g/mol. The van der Waals surface area contributed by atoms with Crippen molar-refractivity contribution in [1.82, 2.24) is 9.80 Å². The molecule has 0 aliphatic carbocycles. The third-order valence-electron chi connectivity index (χ3n) is 3.60. The van der Waals surface area contributed by atoms with Gasteiger partial charge < -0.3 is 14.9 Å². The van der Waals surface area contributed by atoms with Gasteiger partial charge in [0.15, 0.2) is 0 Å². The third kappa shape index (κ3) is 3.39. The summed E-state index contributed by atoms with van der Waals surface area (Å²) in [5, 5.41) is 9.08. The Bertz CT molecular complexity index is 544. The molecule has 6 heteroatoms. The van der Waals surface area contributed by atoms with Gasteiger partial charge in [-0.1, -0.05) is 18.2 Å². The lowest BCUT2D eigenvalue weighted by Gasteiger charge is -2.24. The van der Waals surface area contributed by atoms with Crippen molar-refractivity contribution in [3.05, 3.63) is 35.9 Å². The van der Waals surface area contributed by atoms with E-state index in [0.717, 1.165) is 0 Å². The summed E-state index contributed by atoms with van der Waals surface area (Å²) >= 11 is 0. The van der Waals surface area contributed by atoms with E-state index in [2.05, 4.69) is 0 Å². The largest absolute Gasteiger partial charge is 0.480 e. The van der Waals surface area contributed by atoms with Crippen LogP contribution in [0.15, 0.2) is 30.3 Å². The van der Waals surface area contributed by atoms with Gasteiger partial charge in [-0.15, -0.1) is 0 Å². The van der Waals surface area contributed by atoms with Crippen LogP contribution in [0.3, 0.4) is 0 Å². The van der Waals surface area contributed by atoms with Crippen LogP contribution in [0.2, 0.25) is 0 Å². The van der Waals surface area contributed by atoms with Gasteiger partial charge in [0, 0.05) is 19.2 Å². The number of carbonyl (C=O) groups is 3. The minimum atomic E-state index is -0.988. The standard InChI is InChI=1S/C15H18N2O4/c1-16(14(19)11-6-3-2-4-7-11)10-13(18)17-9-5-8-12(17)15(20)21/h2-4,6-7,12H,5,8-10H2,1H3,(H,20,21). The summed E-state index contributed by atoms with van der Waals surface area (Å²) in [6.45, 7) is 0.320. The van der Waals surface area contributed by atoms with E-state index in [1.165, 1.54) is 9.80 Å². The van der Waals surface area contributed by atoms with Crippen LogP contribution >= 0.6 is 0 Å². The first-order valence-electron chi connectivity index (χ1n) is 6.83. The Hall–Kier alpha value is -2.37. The average Bonchev–Trinajstić information content (AvgIpc) is 2.97. The molecule has 1 aromatic rings. The second-order valence-electron chi connectivity index (χ2n) is 5.11. The second kappa shape index (κ2) is 6.39. The molecule has 1 aromatic carbocycles. The molecule has 21 heavy (non-hydrogen) atoms. The first kappa shape index (κ1) is 15.0. The number of carboxylic acid groups (broad SMARTS) is 1. The van der Waals surface area contributed by atoms with Gasteiger partial charge in [0.05, 0.1) is 6.54 Å². The van der Waals surface area contributed by atoms with Gasteiger partial charge in [0.25, 0.3) is 5.91 Å². The van der Waals surface area contributed by atoms with Crippen LogP contribution in [0.1, 0.15) is 23.2 Å². The predicted molar refractivity (Wildman–Crippen MR) is 75.8 cm³/mol. The molecule has 0 aromatic heterocycles. The Morgan fingerprint density at radius 1 is 1.29 bits per heavy atom. The van der Waals surface area contributed by atoms with Gasteiger partial charge in [-0.05, 0) is 25.0 Å². The van der Waals surface area contributed by atoms with Crippen molar-refractivity contribution in [3.63, 3.8) is 0 Å². The van der Waals surface area contributed by atoms with Gasteiger partial charge in [0.1, 0.15) is 6.04 Å². The second-order valence-corrected chi connectivity index (χ2v) is 5.11. The molecule has 0 bridgehead atoms. The van der Waals surface area contributed by atoms with Gasteiger partial charge in [-0.2, -0.15) is 0 Å². The number of carboxylic acids is 1. The number of aliphatic carboxylic acids is 1. The van der Waals surface area contributed by atoms with Crippen LogP contribution in [0.5, 0.6) is 0 Å². The molecule has 1 N–H and O–H groups in total. The molecule has 1 aliphatic heterocycles. The zero-order valence-corrected chi connectivity index (χ0v) is 11.9. The third-order valence-corrected chi connectivity index (χ3v) is 3.60. The SMILES string of the molecule is CN(CC(=O)N1CCCC1C(=O)O)C(=O)c1ccccc1. The summed E-state index contributed by atoms with van der Waals surface area (Å²) in [6, 6.07) is 7.91. The van der Waals surface area contributed by atoms with E-state index >= 15 is 0 Å². The molecule has 112 valence electrons. The molecule has 1 unspecified atom stereocenters. The maximum absolute atomic E-state index is 12.2. The number of benzene rings is 1. The molecule has 1 atom stereocenters. The molecule has 2 rings (SSSR count). The molecule has 0 radical (unpaired) electrons. The zero-order valence-electron chi connectivity index (χ0n) is 11.9. The number of rotatable bonds is 4. The number of likely N-dealkylation sites (N-methyl/N-ethyl adjacent to an activating group) is 1. The van der Waals surface area contributed by atoms with Gasteiger partial charge in [0.2, 0.25) is 5.91 Å². The minimum absolute atomic E-state index is 0.114. The van der Waals surface area contributed by atoms with Crippen LogP contribution in [0, 0.1) is 0 Å². The molecular formula is C15H18N2O4. The van der Waals surface area contributed by atoms with Crippen molar-refractivity contribution < 1.29 is 19.5 Å². The lowest BCUT2D eigenvalue weighted by atomic mass is 10.2. The molecule has 1 heterocycles. The fourth-order valence-corrected chi connectivity index (χ4v) is 2.49. The van der Waals surface area contributed by atoms with E-state index in [4.69, 9.17) is 5.11 Å². The van der Waals surface area contributed by atoms with Crippen molar-refractivity contribution in [3.8, 4) is 0 Å². The van der Waals surface area contributed by atoms with Crippen LogP contribution in [0.25, 0.3) is 0 Å². The van der Waals surface area contributed by atoms with E-state index in [-0.39, 0.29) is 18.4 Å². The molecule has 0 saturated carbocycles. The maximum atomic E-state index is 12.2. The smallest absolute Gasteiger partial charge is 0.326 e. The molecule has 6 nitrogen and oxygen atoms in total. The molecule has 0 spiro atoms. The van der Waals surface area contributed by atoms with Gasteiger partial charge >= 0.3 is 5.97 Å². The number of carbonyl (C=O) groups excluding carboxylic acids is 2. The predicted octanol–water partition coefficient (Wildman–Crippen LogP) is 0.834. The average molecular weight is 290 g/mol. The highest BCUT2D eigenvalue weighted by atomic mass is 16.4. The highest BCUT2D eigenvalue weighted by molar-refractivity contribution is 5.96. The van der Waals surface area contributed by atoms with Crippen molar-refractivity contribution in [2.45, 2.75) is 18.9 Å². The van der Waals surface area contributed by atoms with Crippen molar-refractivity contribution >= 4 is 17.8 Å². The topological polar surface area (TPSA) is 77.9 Å². The van der Waals surface area contributed by atoms with Crippen LogP contribution in [-0.4, -0.2) is 58.9 Å². The highest BCUT2D eigenvalue weighted by Crippen LogP contribution is 2.17. The number of hydrogen-bond acceptors (Lipinski definition) is 3. The lowest BCUT2D eigenvalue weighted by molar-refractivity contribution is -0.148. The van der Waals surface area contributed by atoms with E-state index in [1.807, 2.05) is 6.07 Å². The maximum Gasteiger partial charge on any atom is 0.326 e. The Labute approximate surface area is 123 Å². The normalized spacial score (nSPS) is 17.6. The molecule has 1 saturated heterocycles. The summed E-state index contributed by atoms with van der Waals surface area (Å²) in [5.41, 5.74) is 0.504. The van der Waals surface area contributed by atoms with Crippen LogP contribution in [-0.2, 0) is 9.59 Å². The zero-order chi connectivity index (χ0) is 15.4. The molecule has 2 amide bonds. The Kier molecular flexibility index (Phi) is 4.57. The minimum Gasteiger partial charge on any atom is -0.480 e. The summed E-state index contributed by atoms with van der Waals surface area (Å²) < 4.78 is 0. The summed E-state index contributed by atoms with van der Waals surface area (Å²) in [5.74, 6) is -1.57. The van der Waals surface area contributed by atoms with Gasteiger partial charge in [-0.3, -0.25) is 9.59 Å². The van der Waals surface area contributed by atoms with E-state index in [1.54, 1.807) is 31.3 Å². The Morgan fingerprint density at radius 2 is 1.95 bits per heavy atom. The fraction of sp³-hybridized carbons (Fsp3) is 0.400. The van der Waals surface area contributed by atoms with Gasteiger partial charge in [-0.25, -0.2) is 4.79 Å².